The van der Waals surface area contributed by atoms with Gasteiger partial charge in [0.2, 0.25) is 0 Å². The van der Waals surface area contributed by atoms with E-state index in [2.05, 4.69) is 28.6 Å². The Bertz CT molecular complexity index is 1040. The summed E-state index contributed by atoms with van der Waals surface area (Å²) >= 11 is 0. The first-order chi connectivity index (χ1) is 14.1. The van der Waals surface area contributed by atoms with Crippen molar-refractivity contribution in [1.82, 2.24) is 4.57 Å². The van der Waals surface area contributed by atoms with E-state index in [9.17, 15) is 9.59 Å². The smallest absolute Gasteiger partial charge is 0.311 e. The highest BCUT2D eigenvalue weighted by molar-refractivity contribution is 6.10. The van der Waals surface area contributed by atoms with Crippen molar-refractivity contribution in [3.8, 4) is 0 Å². The number of esters is 2. The van der Waals surface area contributed by atoms with E-state index in [-0.39, 0.29) is 26.1 Å². The third-order valence-electron chi connectivity index (χ3n) is 4.67. The van der Waals surface area contributed by atoms with Gasteiger partial charge in [-0.3, -0.25) is 14.6 Å². The number of hydrogen-bond donors (Lipinski definition) is 0. The van der Waals surface area contributed by atoms with Crippen LogP contribution in [0, 0.1) is 0 Å². The van der Waals surface area contributed by atoms with E-state index < -0.39 is 11.9 Å². The summed E-state index contributed by atoms with van der Waals surface area (Å²) in [6.45, 7) is 7.05. The Morgan fingerprint density at radius 1 is 0.862 bits per heavy atom. The predicted octanol–water partition coefficient (Wildman–Crippen LogP) is 4.79. The SMILES string of the molecule is CCOC(=O)CC(CC(=O)OCC)=Nc1ccc2c(c1)c1ccccc1n2CC. The molecule has 0 spiro atoms. The van der Waals surface area contributed by atoms with Gasteiger partial charge >= 0.3 is 11.9 Å². The van der Waals surface area contributed by atoms with Gasteiger partial charge in [-0.05, 0) is 45.0 Å². The van der Waals surface area contributed by atoms with Gasteiger partial charge in [-0.1, -0.05) is 18.2 Å². The molecule has 3 aromatic rings. The Hall–Kier alpha value is -3.15. The van der Waals surface area contributed by atoms with Crippen LogP contribution in [0.25, 0.3) is 21.8 Å². The summed E-state index contributed by atoms with van der Waals surface area (Å²) in [6, 6.07) is 14.2. The van der Waals surface area contributed by atoms with E-state index in [0.29, 0.717) is 11.4 Å². The summed E-state index contributed by atoms with van der Waals surface area (Å²) in [5, 5.41) is 2.24. The molecule has 0 aliphatic rings. The number of carbonyl (C=O) groups is 2. The Kier molecular flexibility index (Phi) is 6.65. The Labute approximate surface area is 170 Å². The number of rotatable bonds is 8. The fourth-order valence-electron chi connectivity index (χ4n) is 3.53. The van der Waals surface area contributed by atoms with Crippen LogP contribution in [0.5, 0.6) is 0 Å². The van der Waals surface area contributed by atoms with Crippen molar-refractivity contribution in [2.24, 2.45) is 4.99 Å². The lowest BCUT2D eigenvalue weighted by Gasteiger charge is -2.07. The zero-order valence-corrected chi connectivity index (χ0v) is 17.1. The number of nitrogens with zero attached hydrogens (tertiary/aromatic N) is 2. The van der Waals surface area contributed by atoms with Gasteiger partial charge in [0.05, 0.1) is 31.7 Å². The van der Waals surface area contributed by atoms with Gasteiger partial charge < -0.3 is 14.0 Å². The topological polar surface area (TPSA) is 69.9 Å². The Balaban J connectivity index is 2.02. The maximum absolute atomic E-state index is 12.0. The summed E-state index contributed by atoms with van der Waals surface area (Å²) in [5.74, 6) is -0.807. The van der Waals surface area contributed by atoms with E-state index >= 15 is 0 Å². The minimum atomic E-state index is -0.404. The second kappa shape index (κ2) is 9.37. The molecule has 3 rings (SSSR count). The largest absolute Gasteiger partial charge is 0.466 e. The van der Waals surface area contributed by atoms with E-state index in [1.165, 1.54) is 5.52 Å². The molecule has 6 heteroatoms. The van der Waals surface area contributed by atoms with Crippen LogP contribution in [0.4, 0.5) is 5.69 Å². The molecular weight excluding hydrogens is 368 g/mol. The molecule has 2 aromatic carbocycles. The highest BCUT2D eigenvalue weighted by Gasteiger charge is 2.15. The molecule has 6 nitrogen and oxygen atoms in total. The van der Waals surface area contributed by atoms with Gasteiger partial charge in [0.25, 0.3) is 0 Å². The van der Waals surface area contributed by atoms with Gasteiger partial charge in [-0.15, -0.1) is 0 Å². The molecule has 1 aromatic heterocycles. The maximum Gasteiger partial charge on any atom is 0.311 e. The van der Waals surface area contributed by atoms with Gasteiger partial charge in [0, 0.05) is 34.1 Å². The molecule has 0 unspecified atom stereocenters. The first-order valence-corrected chi connectivity index (χ1v) is 9.96. The molecule has 0 fully saturated rings. The van der Waals surface area contributed by atoms with Crippen LogP contribution in [-0.2, 0) is 25.6 Å². The van der Waals surface area contributed by atoms with Gasteiger partial charge in [-0.25, -0.2) is 0 Å². The number of aliphatic imine (C=N–C) groups is 1. The lowest BCUT2D eigenvalue weighted by Crippen LogP contribution is -2.16. The standard InChI is InChI=1S/C23H26N2O4/c1-4-25-20-10-8-7-9-18(20)19-13-16(11-12-21(19)25)24-17(14-22(26)28-5-2)15-23(27)29-6-3/h7-13H,4-6,14-15H2,1-3H3. The van der Waals surface area contributed by atoms with Crippen LogP contribution in [0.2, 0.25) is 0 Å². The lowest BCUT2D eigenvalue weighted by molar-refractivity contribution is -0.141. The van der Waals surface area contributed by atoms with Crippen LogP contribution in [-0.4, -0.2) is 35.4 Å². The van der Waals surface area contributed by atoms with Crippen molar-refractivity contribution in [3.05, 3.63) is 42.5 Å². The maximum atomic E-state index is 12.0. The molecule has 0 aliphatic heterocycles. The second-order valence-corrected chi connectivity index (χ2v) is 6.60. The molecule has 0 bridgehead atoms. The number of ether oxygens (including phenoxy) is 2. The first kappa shape index (κ1) is 20.6. The number of carbonyl (C=O) groups excluding carboxylic acids is 2. The number of aryl methyl sites for hydroxylation is 1. The molecule has 0 radical (unpaired) electrons. The highest BCUT2D eigenvalue weighted by Crippen LogP contribution is 2.32. The second-order valence-electron chi connectivity index (χ2n) is 6.60. The Morgan fingerprint density at radius 3 is 2.10 bits per heavy atom. The summed E-state index contributed by atoms with van der Waals surface area (Å²) in [7, 11) is 0. The number of para-hydroxylation sites is 1. The van der Waals surface area contributed by atoms with Crippen molar-refractivity contribution in [3.63, 3.8) is 0 Å². The summed E-state index contributed by atoms with van der Waals surface area (Å²) in [6.07, 6.45) is -0.0805. The minimum Gasteiger partial charge on any atom is -0.466 e. The molecular formula is C23H26N2O4. The van der Waals surface area contributed by atoms with Gasteiger partial charge in [-0.2, -0.15) is 0 Å². The monoisotopic (exact) mass is 394 g/mol. The van der Waals surface area contributed by atoms with E-state index in [1.54, 1.807) is 13.8 Å². The highest BCUT2D eigenvalue weighted by atomic mass is 16.5. The summed E-state index contributed by atoms with van der Waals surface area (Å²) in [5.41, 5.74) is 3.43. The zero-order chi connectivity index (χ0) is 20.8. The van der Waals surface area contributed by atoms with E-state index in [0.717, 1.165) is 22.8 Å². The predicted molar refractivity (Wildman–Crippen MR) is 115 cm³/mol. The minimum absolute atomic E-state index is 0.0403. The van der Waals surface area contributed by atoms with Gasteiger partial charge in [0.1, 0.15) is 0 Å². The molecule has 0 atom stereocenters. The molecule has 0 N–H and O–H groups in total. The van der Waals surface area contributed by atoms with E-state index in [4.69, 9.17) is 9.47 Å². The third-order valence-corrected chi connectivity index (χ3v) is 4.67. The van der Waals surface area contributed by atoms with Crippen LogP contribution < -0.4 is 0 Å². The number of fused-ring (bicyclic) bond motifs is 3. The lowest BCUT2D eigenvalue weighted by atomic mass is 10.1. The average Bonchev–Trinajstić information content (AvgIpc) is 3.01. The normalized spacial score (nSPS) is 10.9. The van der Waals surface area contributed by atoms with Crippen molar-refractivity contribution in [2.45, 2.75) is 40.2 Å². The number of aromatic nitrogens is 1. The molecule has 1 heterocycles. The molecule has 0 amide bonds. The van der Waals surface area contributed by atoms with Crippen LogP contribution in [0.1, 0.15) is 33.6 Å². The fourth-order valence-corrected chi connectivity index (χ4v) is 3.53. The third kappa shape index (κ3) is 4.65. The van der Waals surface area contributed by atoms with Crippen molar-refractivity contribution in [2.75, 3.05) is 13.2 Å². The van der Waals surface area contributed by atoms with Crippen LogP contribution in [0.15, 0.2) is 47.5 Å². The molecule has 0 aliphatic carbocycles. The number of benzene rings is 2. The number of hydrogen-bond acceptors (Lipinski definition) is 5. The van der Waals surface area contributed by atoms with E-state index in [1.807, 2.05) is 30.3 Å². The van der Waals surface area contributed by atoms with Crippen LogP contribution in [0.3, 0.4) is 0 Å². The van der Waals surface area contributed by atoms with Gasteiger partial charge in [0.15, 0.2) is 0 Å². The quantitative estimate of drug-likeness (QED) is 0.407. The van der Waals surface area contributed by atoms with Crippen LogP contribution >= 0.6 is 0 Å². The fraction of sp³-hybridized carbons (Fsp3) is 0.348. The zero-order valence-electron chi connectivity index (χ0n) is 17.1. The molecule has 0 saturated heterocycles. The van der Waals surface area contributed by atoms with Crippen molar-refractivity contribution >= 4 is 45.1 Å². The first-order valence-electron chi connectivity index (χ1n) is 9.96. The van der Waals surface area contributed by atoms with Crippen molar-refractivity contribution < 1.29 is 19.1 Å². The summed E-state index contributed by atoms with van der Waals surface area (Å²) < 4.78 is 12.3. The summed E-state index contributed by atoms with van der Waals surface area (Å²) in [4.78, 5) is 28.5. The molecule has 0 saturated carbocycles. The average molecular weight is 394 g/mol. The molecule has 29 heavy (non-hydrogen) atoms. The van der Waals surface area contributed by atoms with Crippen molar-refractivity contribution in [1.29, 1.82) is 0 Å². The Morgan fingerprint density at radius 2 is 1.48 bits per heavy atom. The molecule has 152 valence electrons.